The van der Waals surface area contributed by atoms with E-state index in [1.807, 2.05) is 10.1 Å². The molecule has 1 aromatic heterocycles. The minimum atomic E-state index is -3.14. The molecule has 0 spiro atoms. The minimum absolute atomic E-state index is 0.115. The van der Waals surface area contributed by atoms with E-state index in [9.17, 15) is 18.0 Å². The molecular formula is C7H12N4O4S. The highest BCUT2D eigenvalue weighted by Gasteiger charge is 2.12. The number of aromatic nitrogens is 3. The highest BCUT2D eigenvalue weighted by molar-refractivity contribution is 7.90. The van der Waals surface area contributed by atoms with Gasteiger partial charge in [-0.2, -0.15) is 0 Å². The van der Waals surface area contributed by atoms with Gasteiger partial charge < -0.3 is 5.32 Å². The Bertz CT molecular complexity index is 573. The van der Waals surface area contributed by atoms with E-state index in [0.717, 1.165) is 6.26 Å². The molecule has 1 aromatic rings. The molecule has 0 amide bonds. The van der Waals surface area contributed by atoms with Gasteiger partial charge in [0.2, 0.25) is 5.82 Å². The summed E-state index contributed by atoms with van der Waals surface area (Å²) in [6.45, 7) is 1.59. The van der Waals surface area contributed by atoms with Crippen LogP contribution in [-0.4, -0.2) is 41.6 Å². The van der Waals surface area contributed by atoms with Gasteiger partial charge in [-0.15, -0.1) is 5.10 Å². The maximum Gasteiger partial charge on any atom is 0.342 e. The Kier molecular flexibility index (Phi) is 3.48. The average Bonchev–Trinajstić information content (AvgIpc) is 2.06. The van der Waals surface area contributed by atoms with E-state index in [-0.39, 0.29) is 11.6 Å². The Morgan fingerprint density at radius 3 is 2.56 bits per heavy atom. The van der Waals surface area contributed by atoms with E-state index in [0.29, 0.717) is 0 Å². The van der Waals surface area contributed by atoms with Crippen LogP contribution in [-0.2, 0) is 9.84 Å². The first kappa shape index (κ1) is 12.4. The number of rotatable bonds is 4. The number of hydrogen-bond acceptors (Lipinski definition) is 6. The van der Waals surface area contributed by atoms with Crippen molar-refractivity contribution in [3.05, 3.63) is 20.8 Å². The first-order valence-electron chi connectivity index (χ1n) is 4.41. The first-order valence-corrected chi connectivity index (χ1v) is 6.47. The number of nitrogens with one attached hydrogen (secondary N) is 3. The van der Waals surface area contributed by atoms with Gasteiger partial charge in [0, 0.05) is 12.3 Å². The van der Waals surface area contributed by atoms with Crippen LogP contribution in [0.3, 0.4) is 0 Å². The summed E-state index contributed by atoms with van der Waals surface area (Å²) in [5.74, 6) is -0.247. The van der Waals surface area contributed by atoms with Gasteiger partial charge in [-0.3, -0.25) is 9.78 Å². The summed E-state index contributed by atoms with van der Waals surface area (Å²) >= 11 is 0. The molecule has 16 heavy (non-hydrogen) atoms. The zero-order valence-electron chi connectivity index (χ0n) is 8.77. The zero-order chi connectivity index (χ0) is 12.3. The molecule has 0 bridgehead atoms. The lowest BCUT2D eigenvalue weighted by molar-refractivity contribution is 0.597. The summed E-state index contributed by atoms with van der Waals surface area (Å²) < 4.78 is 21.9. The lowest BCUT2D eigenvalue weighted by Crippen LogP contribution is -2.32. The van der Waals surface area contributed by atoms with E-state index in [4.69, 9.17) is 0 Å². The third kappa shape index (κ3) is 3.85. The van der Waals surface area contributed by atoms with Crippen LogP contribution in [0.15, 0.2) is 9.59 Å². The lowest BCUT2D eigenvalue weighted by Gasteiger charge is -2.11. The van der Waals surface area contributed by atoms with Crippen molar-refractivity contribution in [2.75, 3.05) is 17.3 Å². The van der Waals surface area contributed by atoms with Crippen molar-refractivity contribution >= 4 is 15.7 Å². The van der Waals surface area contributed by atoms with E-state index >= 15 is 0 Å². The van der Waals surface area contributed by atoms with Gasteiger partial charge in [0.1, 0.15) is 9.84 Å². The number of sulfone groups is 1. The molecule has 8 nitrogen and oxygen atoms in total. The van der Waals surface area contributed by atoms with Crippen molar-refractivity contribution in [2.24, 2.45) is 0 Å². The quantitative estimate of drug-likeness (QED) is 0.583. The maximum absolute atomic E-state index is 11.2. The van der Waals surface area contributed by atoms with Crippen molar-refractivity contribution in [1.29, 1.82) is 0 Å². The first-order chi connectivity index (χ1) is 7.28. The highest BCUT2D eigenvalue weighted by Crippen LogP contribution is 1.96. The largest absolute Gasteiger partial charge is 0.361 e. The molecule has 0 aliphatic carbocycles. The van der Waals surface area contributed by atoms with E-state index in [1.54, 1.807) is 6.92 Å². The Morgan fingerprint density at radius 2 is 2.06 bits per heavy atom. The molecule has 0 aliphatic heterocycles. The van der Waals surface area contributed by atoms with E-state index in [1.165, 1.54) is 0 Å². The van der Waals surface area contributed by atoms with Crippen molar-refractivity contribution in [3.8, 4) is 0 Å². The normalized spacial score (nSPS) is 13.4. The fraction of sp³-hybridized carbons (Fsp3) is 0.571. The smallest absolute Gasteiger partial charge is 0.342 e. The van der Waals surface area contributed by atoms with Gasteiger partial charge >= 0.3 is 5.69 Å². The molecule has 90 valence electrons. The number of H-pyrrole nitrogens is 2. The predicted octanol–water partition coefficient (Wildman–Crippen LogP) is -1.70. The molecule has 0 radical (unpaired) electrons. The van der Waals surface area contributed by atoms with Crippen LogP contribution in [0.2, 0.25) is 0 Å². The Labute approximate surface area is 91.0 Å². The van der Waals surface area contributed by atoms with Crippen molar-refractivity contribution < 1.29 is 8.42 Å². The van der Waals surface area contributed by atoms with Crippen LogP contribution in [0.1, 0.15) is 6.92 Å². The molecule has 9 heteroatoms. The Balaban J connectivity index is 2.82. The van der Waals surface area contributed by atoms with Crippen LogP contribution < -0.4 is 16.6 Å². The second kappa shape index (κ2) is 4.47. The zero-order valence-corrected chi connectivity index (χ0v) is 9.59. The van der Waals surface area contributed by atoms with Gasteiger partial charge in [-0.1, -0.05) is 0 Å². The number of nitrogens with zero attached hydrogens (tertiary/aromatic N) is 1. The summed E-state index contributed by atoms with van der Waals surface area (Å²) in [5.41, 5.74) is -1.41. The fourth-order valence-corrected chi connectivity index (χ4v) is 2.17. The molecule has 1 rings (SSSR count). The topological polar surface area (TPSA) is 125 Å². The molecule has 1 unspecified atom stereocenters. The average molecular weight is 248 g/mol. The molecule has 0 saturated heterocycles. The summed E-state index contributed by atoms with van der Waals surface area (Å²) in [4.78, 5) is 23.8. The van der Waals surface area contributed by atoms with Gasteiger partial charge in [-0.25, -0.2) is 18.3 Å². The van der Waals surface area contributed by atoms with Crippen LogP contribution in [0.25, 0.3) is 0 Å². The molecule has 0 aromatic carbocycles. The second-order valence-electron chi connectivity index (χ2n) is 3.49. The van der Waals surface area contributed by atoms with Crippen molar-refractivity contribution in [3.63, 3.8) is 0 Å². The highest BCUT2D eigenvalue weighted by atomic mass is 32.2. The maximum atomic E-state index is 11.2. The third-order valence-electron chi connectivity index (χ3n) is 1.65. The standard InChI is InChI=1S/C7H12N4O4S/c1-4(3-16(2,14)15)8-5-6(12)9-7(13)11-10-5/h4H,3H2,1-2H3,(H,8,10)(H2,9,11,12,13). The molecule has 0 saturated carbocycles. The van der Waals surface area contributed by atoms with Crippen molar-refractivity contribution in [2.45, 2.75) is 13.0 Å². The van der Waals surface area contributed by atoms with E-state index in [2.05, 4.69) is 10.4 Å². The van der Waals surface area contributed by atoms with Gasteiger partial charge in [0.15, 0.2) is 0 Å². The van der Waals surface area contributed by atoms with Gasteiger partial charge in [0.05, 0.1) is 5.75 Å². The minimum Gasteiger partial charge on any atom is -0.361 e. The van der Waals surface area contributed by atoms with Gasteiger partial charge in [0.25, 0.3) is 5.56 Å². The summed E-state index contributed by atoms with van der Waals surface area (Å²) in [6, 6.07) is -0.477. The summed E-state index contributed by atoms with van der Waals surface area (Å²) in [5, 5.41) is 8.09. The molecule has 0 fully saturated rings. The third-order valence-corrected chi connectivity index (χ3v) is 2.75. The number of hydrogen-bond donors (Lipinski definition) is 3. The molecule has 1 atom stereocenters. The molecule has 3 N–H and O–H groups in total. The number of anilines is 1. The molecule has 0 aliphatic rings. The van der Waals surface area contributed by atoms with Gasteiger partial charge in [-0.05, 0) is 6.92 Å². The Hall–Kier alpha value is -1.64. The van der Waals surface area contributed by atoms with Crippen LogP contribution in [0.4, 0.5) is 5.82 Å². The Morgan fingerprint density at radius 1 is 1.44 bits per heavy atom. The van der Waals surface area contributed by atoms with Crippen molar-refractivity contribution in [1.82, 2.24) is 15.2 Å². The predicted molar refractivity (Wildman–Crippen MR) is 58.3 cm³/mol. The SMILES string of the molecule is CC(CS(C)(=O)=O)Nc1n[nH]c(=O)[nH]c1=O. The van der Waals surface area contributed by atoms with Crippen LogP contribution >= 0.6 is 0 Å². The number of aromatic amines is 2. The van der Waals surface area contributed by atoms with E-state index < -0.39 is 27.1 Å². The van der Waals surface area contributed by atoms with Crippen LogP contribution in [0.5, 0.6) is 0 Å². The second-order valence-corrected chi connectivity index (χ2v) is 5.68. The summed E-state index contributed by atoms with van der Waals surface area (Å²) in [7, 11) is -3.14. The lowest BCUT2D eigenvalue weighted by atomic mass is 10.4. The fourth-order valence-electron chi connectivity index (χ4n) is 1.17. The molecule has 1 heterocycles. The summed E-state index contributed by atoms with van der Waals surface area (Å²) in [6.07, 6.45) is 1.09. The van der Waals surface area contributed by atoms with Crippen LogP contribution in [0, 0.1) is 0 Å². The monoisotopic (exact) mass is 248 g/mol. The molecular weight excluding hydrogens is 236 g/mol.